The van der Waals surface area contributed by atoms with E-state index in [1.807, 2.05) is 18.2 Å². The first-order chi connectivity index (χ1) is 8.43. The lowest BCUT2D eigenvalue weighted by atomic mass is 10.1. The fourth-order valence-corrected chi connectivity index (χ4v) is 1.99. The number of para-hydroxylation sites is 1. The minimum absolute atomic E-state index is 0.985. The van der Waals surface area contributed by atoms with Crippen molar-refractivity contribution in [2.75, 3.05) is 6.54 Å². The molecule has 0 bridgehead atoms. The van der Waals surface area contributed by atoms with Crippen LogP contribution >= 0.6 is 0 Å². The Morgan fingerprint density at radius 1 is 0.765 bits per heavy atom. The van der Waals surface area contributed by atoms with Gasteiger partial charge in [0.1, 0.15) is 0 Å². The zero-order valence-electron chi connectivity index (χ0n) is 11.2. The molecule has 0 spiro atoms. The summed E-state index contributed by atoms with van der Waals surface area (Å²) in [5.74, 6) is 0. The van der Waals surface area contributed by atoms with Crippen LogP contribution in [0.25, 0.3) is 0 Å². The molecule has 0 amide bonds. The molecule has 0 aliphatic carbocycles. The Balaban J connectivity index is 1.85. The molecule has 0 saturated carbocycles. The van der Waals surface area contributed by atoms with E-state index in [1.54, 1.807) is 0 Å². The van der Waals surface area contributed by atoms with Gasteiger partial charge in [0.15, 0.2) is 0 Å². The Bertz CT molecular complexity index is 255. The van der Waals surface area contributed by atoms with Crippen molar-refractivity contribution in [1.29, 1.82) is 0 Å². The molecule has 1 radical (unpaired) electrons. The van der Waals surface area contributed by atoms with Gasteiger partial charge in [0.05, 0.1) is 5.69 Å². The highest BCUT2D eigenvalue weighted by Crippen LogP contribution is 2.09. The third-order valence-electron chi connectivity index (χ3n) is 3.06. The summed E-state index contributed by atoms with van der Waals surface area (Å²) >= 11 is 0. The summed E-state index contributed by atoms with van der Waals surface area (Å²) in [4.78, 5) is 0. The second kappa shape index (κ2) is 10.2. The Morgan fingerprint density at radius 2 is 1.35 bits per heavy atom. The molecule has 0 aliphatic rings. The van der Waals surface area contributed by atoms with Crippen molar-refractivity contribution in [2.24, 2.45) is 0 Å². The maximum Gasteiger partial charge on any atom is 0.0574 e. The van der Waals surface area contributed by atoms with Gasteiger partial charge in [0.25, 0.3) is 0 Å². The SMILES string of the molecule is CCCCCCCCCC[N]c1ccccc1. The van der Waals surface area contributed by atoms with E-state index in [0.717, 1.165) is 12.2 Å². The van der Waals surface area contributed by atoms with Gasteiger partial charge < -0.3 is 0 Å². The summed E-state index contributed by atoms with van der Waals surface area (Å²) in [7, 11) is 0. The molecular weight excluding hydrogens is 206 g/mol. The zero-order chi connectivity index (χ0) is 12.2. The molecule has 1 rings (SSSR count). The minimum atomic E-state index is 0.985. The predicted molar refractivity (Wildman–Crippen MR) is 75.7 cm³/mol. The van der Waals surface area contributed by atoms with E-state index in [4.69, 9.17) is 0 Å². The van der Waals surface area contributed by atoms with E-state index < -0.39 is 0 Å². The van der Waals surface area contributed by atoms with E-state index in [-0.39, 0.29) is 0 Å². The third kappa shape index (κ3) is 7.84. The van der Waals surface area contributed by atoms with Crippen LogP contribution in [0.1, 0.15) is 58.3 Å². The first kappa shape index (κ1) is 14.1. The quantitative estimate of drug-likeness (QED) is 0.500. The van der Waals surface area contributed by atoms with Gasteiger partial charge in [-0.25, -0.2) is 0 Å². The molecule has 0 N–H and O–H groups in total. The van der Waals surface area contributed by atoms with Crippen molar-refractivity contribution >= 4 is 5.69 Å². The van der Waals surface area contributed by atoms with Crippen LogP contribution in [0, 0.1) is 0 Å². The van der Waals surface area contributed by atoms with Crippen LogP contribution in [0.2, 0.25) is 0 Å². The summed E-state index contributed by atoms with van der Waals surface area (Å²) in [5, 5.41) is 4.55. The molecule has 1 nitrogen and oxygen atoms in total. The van der Waals surface area contributed by atoms with E-state index in [1.165, 1.54) is 51.4 Å². The average molecular weight is 232 g/mol. The van der Waals surface area contributed by atoms with E-state index >= 15 is 0 Å². The number of unbranched alkanes of at least 4 members (excludes halogenated alkanes) is 7. The van der Waals surface area contributed by atoms with E-state index in [0.29, 0.717) is 0 Å². The van der Waals surface area contributed by atoms with Gasteiger partial charge >= 0.3 is 0 Å². The van der Waals surface area contributed by atoms with Crippen LogP contribution < -0.4 is 5.32 Å². The predicted octanol–water partition coefficient (Wildman–Crippen LogP) is 5.06. The first-order valence-electron chi connectivity index (χ1n) is 7.16. The van der Waals surface area contributed by atoms with Gasteiger partial charge in [-0.15, -0.1) is 0 Å². The normalized spacial score (nSPS) is 10.4. The summed E-state index contributed by atoms with van der Waals surface area (Å²) in [6, 6.07) is 10.3. The maximum atomic E-state index is 4.55. The van der Waals surface area contributed by atoms with Crippen LogP contribution in [0.3, 0.4) is 0 Å². The van der Waals surface area contributed by atoms with E-state index in [2.05, 4.69) is 24.4 Å². The van der Waals surface area contributed by atoms with Crippen LogP contribution in [0.4, 0.5) is 5.69 Å². The van der Waals surface area contributed by atoms with Gasteiger partial charge in [-0.05, 0) is 18.6 Å². The molecule has 1 aromatic carbocycles. The first-order valence-corrected chi connectivity index (χ1v) is 7.16. The Labute approximate surface area is 107 Å². The molecule has 0 fully saturated rings. The topological polar surface area (TPSA) is 14.1 Å². The maximum absolute atomic E-state index is 4.55. The van der Waals surface area contributed by atoms with Crippen molar-refractivity contribution in [2.45, 2.75) is 58.3 Å². The number of hydrogen-bond acceptors (Lipinski definition) is 0. The molecule has 1 heteroatoms. The van der Waals surface area contributed by atoms with Crippen LogP contribution in [0.5, 0.6) is 0 Å². The number of nitrogens with zero attached hydrogens (tertiary/aromatic N) is 1. The van der Waals surface area contributed by atoms with Crippen molar-refractivity contribution < 1.29 is 0 Å². The lowest BCUT2D eigenvalue weighted by Crippen LogP contribution is -1.99. The Kier molecular flexibility index (Phi) is 8.44. The molecular formula is C16H26N. The molecule has 0 unspecified atom stereocenters. The fourth-order valence-electron chi connectivity index (χ4n) is 1.99. The summed E-state index contributed by atoms with van der Waals surface area (Å²) < 4.78 is 0. The smallest absolute Gasteiger partial charge is 0.0574 e. The van der Waals surface area contributed by atoms with Crippen molar-refractivity contribution in [3.05, 3.63) is 30.3 Å². The van der Waals surface area contributed by atoms with Gasteiger partial charge in [-0.1, -0.05) is 70.1 Å². The molecule has 17 heavy (non-hydrogen) atoms. The van der Waals surface area contributed by atoms with Gasteiger partial charge in [0.2, 0.25) is 0 Å². The van der Waals surface area contributed by atoms with Crippen molar-refractivity contribution in [1.82, 2.24) is 5.32 Å². The molecule has 0 aliphatic heterocycles. The highest BCUT2D eigenvalue weighted by Gasteiger charge is 1.93. The molecule has 0 heterocycles. The summed E-state index contributed by atoms with van der Waals surface area (Å²) in [6.45, 7) is 3.25. The van der Waals surface area contributed by atoms with Crippen LogP contribution in [0.15, 0.2) is 30.3 Å². The third-order valence-corrected chi connectivity index (χ3v) is 3.06. The number of hydrogen-bond donors (Lipinski definition) is 0. The molecule has 0 atom stereocenters. The Hall–Kier alpha value is -0.980. The lowest BCUT2D eigenvalue weighted by molar-refractivity contribution is 0.570. The van der Waals surface area contributed by atoms with Crippen LogP contribution in [-0.2, 0) is 0 Å². The van der Waals surface area contributed by atoms with Crippen LogP contribution in [-0.4, -0.2) is 6.54 Å². The standard InChI is InChI=1S/C16H26N/c1-2-3-4-5-6-7-8-12-15-17-16-13-10-9-11-14-16/h9-11,13-14H,2-8,12,15H2,1H3. The van der Waals surface area contributed by atoms with E-state index in [9.17, 15) is 0 Å². The second-order valence-corrected chi connectivity index (χ2v) is 4.69. The Morgan fingerprint density at radius 3 is 2.00 bits per heavy atom. The van der Waals surface area contributed by atoms with Crippen molar-refractivity contribution in [3.63, 3.8) is 0 Å². The van der Waals surface area contributed by atoms with Gasteiger partial charge in [-0.2, -0.15) is 0 Å². The average Bonchev–Trinajstić information content (AvgIpc) is 2.38. The van der Waals surface area contributed by atoms with Gasteiger partial charge in [0, 0.05) is 6.54 Å². The number of benzene rings is 1. The fraction of sp³-hybridized carbons (Fsp3) is 0.625. The molecule has 95 valence electrons. The van der Waals surface area contributed by atoms with Crippen molar-refractivity contribution in [3.8, 4) is 0 Å². The molecule has 1 aromatic rings. The number of rotatable bonds is 10. The molecule has 0 aromatic heterocycles. The largest absolute Gasteiger partial charge is 0.285 e. The monoisotopic (exact) mass is 232 g/mol. The highest BCUT2D eigenvalue weighted by atomic mass is 14.9. The lowest BCUT2D eigenvalue weighted by Gasteiger charge is -2.03. The second-order valence-electron chi connectivity index (χ2n) is 4.69. The minimum Gasteiger partial charge on any atom is -0.285 e. The zero-order valence-corrected chi connectivity index (χ0v) is 11.2. The van der Waals surface area contributed by atoms with Gasteiger partial charge in [-0.3, -0.25) is 5.32 Å². The highest BCUT2D eigenvalue weighted by molar-refractivity contribution is 5.34. The summed E-state index contributed by atoms with van der Waals surface area (Å²) in [6.07, 6.45) is 11.0. The molecule has 0 saturated heterocycles. The summed E-state index contributed by atoms with van der Waals surface area (Å²) in [5.41, 5.74) is 1.12.